The number of nitrogens with zero attached hydrogens (tertiary/aromatic N) is 4. The summed E-state index contributed by atoms with van der Waals surface area (Å²) >= 11 is 0. The van der Waals surface area contributed by atoms with Gasteiger partial charge in [-0.3, -0.25) is 14.6 Å². The maximum absolute atomic E-state index is 5.36. The normalized spacial score (nSPS) is 16.6. The van der Waals surface area contributed by atoms with E-state index in [9.17, 15) is 0 Å². The second-order valence-electron chi connectivity index (χ2n) is 5.90. The van der Waals surface area contributed by atoms with Gasteiger partial charge in [-0.25, -0.2) is 0 Å². The Bertz CT molecular complexity index is 519. The lowest BCUT2D eigenvalue weighted by atomic mass is 10.1. The molecule has 2 rings (SSSR count). The minimum absolute atomic E-state index is 0.844. The molecule has 0 atom stereocenters. The molecule has 130 valence electrons. The number of hydrogen-bond acceptors (Lipinski definition) is 4. The summed E-state index contributed by atoms with van der Waals surface area (Å²) in [6.45, 7) is 10.7. The van der Waals surface area contributed by atoms with E-state index in [2.05, 4.69) is 39.5 Å². The van der Waals surface area contributed by atoms with Gasteiger partial charge in [-0.1, -0.05) is 0 Å². The number of aliphatic imine (C=N–C) groups is 1. The Kier molecular flexibility index (Phi) is 6.85. The SMILES string of the molecule is CN=C(NCCc1c(C)nn(C)c1C)NCCN1CCOCC1. The van der Waals surface area contributed by atoms with E-state index in [-0.39, 0.29) is 0 Å². The lowest BCUT2D eigenvalue weighted by Crippen LogP contribution is -2.44. The van der Waals surface area contributed by atoms with Gasteiger partial charge in [0.05, 0.1) is 18.9 Å². The molecule has 1 aliphatic rings. The van der Waals surface area contributed by atoms with Gasteiger partial charge < -0.3 is 15.4 Å². The highest BCUT2D eigenvalue weighted by Gasteiger charge is 2.10. The van der Waals surface area contributed by atoms with Crippen LogP contribution >= 0.6 is 0 Å². The smallest absolute Gasteiger partial charge is 0.191 e. The van der Waals surface area contributed by atoms with Crippen LogP contribution in [0.3, 0.4) is 0 Å². The first kappa shape index (κ1) is 17.7. The molecule has 0 amide bonds. The number of aryl methyl sites for hydroxylation is 2. The molecule has 0 radical (unpaired) electrons. The van der Waals surface area contributed by atoms with Gasteiger partial charge in [0.1, 0.15) is 0 Å². The van der Waals surface area contributed by atoms with E-state index in [0.29, 0.717) is 0 Å². The lowest BCUT2D eigenvalue weighted by molar-refractivity contribution is 0.0389. The van der Waals surface area contributed by atoms with Crippen LogP contribution in [0.1, 0.15) is 17.0 Å². The van der Waals surface area contributed by atoms with E-state index in [0.717, 1.165) is 64.0 Å². The molecule has 0 aromatic carbocycles. The summed E-state index contributed by atoms with van der Waals surface area (Å²) in [5.74, 6) is 0.859. The topological polar surface area (TPSA) is 66.7 Å². The van der Waals surface area contributed by atoms with Crippen LogP contribution in [-0.2, 0) is 18.2 Å². The van der Waals surface area contributed by atoms with Crippen molar-refractivity contribution in [1.82, 2.24) is 25.3 Å². The van der Waals surface area contributed by atoms with E-state index in [4.69, 9.17) is 4.74 Å². The molecule has 23 heavy (non-hydrogen) atoms. The third-order valence-electron chi connectivity index (χ3n) is 4.37. The largest absolute Gasteiger partial charge is 0.379 e. The average molecular weight is 322 g/mol. The molecule has 2 heterocycles. The zero-order valence-corrected chi connectivity index (χ0v) is 14.9. The number of hydrogen-bond donors (Lipinski definition) is 2. The van der Waals surface area contributed by atoms with Crippen LogP contribution in [0.4, 0.5) is 0 Å². The monoisotopic (exact) mass is 322 g/mol. The first-order valence-corrected chi connectivity index (χ1v) is 8.35. The summed E-state index contributed by atoms with van der Waals surface area (Å²) in [7, 11) is 3.80. The average Bonchev–Trinajstić information content (AvgIpc) is 2.80. The van der Waals surface area contributed by atoms with Crippen molar-refractivity contribution in [2.75, 3.05) is 53.0 Å². The Morgan fingerprint density at radius 1 is 1.22 bits per heavy atom. The van der Waals surface area contributed by atoms with Gasteiger partial charge >= 0.3 is 0 Å². The van der Waals surface area contributed by atoms with Crippen molar-refractivity contribution in [3.8, 4) is 0 Å². The summed E-state index contributed by atoms with van der Waals surface area (Å²) in [5, 5.41) is 11.2. The van der Waals surface area contributed by atoms with Crippen LogP contribution in [0, 0.1) is 13.8 Å². The van der Waals surface area contributed by atoms with Crippen LogP contribution in [0.5, 0.6) is 0 Å². The number of rotatable bonds is 6. The van der Waals surface area contributed by atoms with E-state index < -0.39 is 0 Å². The minimum atomic E-state index is 0.844. The van der Waals surface area contributed by atoms with Crippen molar-refractivity contribution >= 4 is 5.96 Å². The van der Waals surface area contributed by atoms with Crippen LogP contribution in [0.2, 0.25) is 0 Å². The predicted octanol–water partition coefficient (Wildman–Crippen LogP) is 0.0766. The Hall–Kier alpha value is -1.60. The summed E-state index contributed by atoms with van der Waals surface area (Å²) < 4.78 is 7.30. The van der Waals surface area contributed by atoms with Gasteiger partial charge in [-0.15, -0.1) is 0 Å². The Balaban J connectivity index is 1.68. The standard InChI is InChI=1S/C16H30N6O/c1-13-15(14(2)21(4)20-13)5-6-18-16(17-3)19-7-8-22-9-11-23-12-10-22/h5-12H2,1-4H3,(H2,17,18,19). The number of ether oxygens (including phenoxy) is 1. The van der Waals surface area contributed by atoms with Gasteiger partial charge in [0.25, 0.3) is 0 Å². The fourth-order valence-corrected chi connectivity index (χ4v) is 2.86. The third-order valence-corrected chi connectivity index (χ3v) is 4.37. The van der Waals surface area contributed by atoms with Crippen LogP contribution in [0.15, 0.2) is 4.99 Å². The highest BCUT2D eigenvalue weighted by Crippen LogP contribution is 2.11. The molecular weight excluding hydrogens is 292 g/mol. The number of guanidine groups is 1. The summed E-state index contributed by atoms with van der Waals surface area (Å²) in [4.78, 5) is 6.69. The van der Waals surface area contributed by atoms with Crippen LogP contribution in [0.25, 0.3) is 0 Å². The van der Waals surface area contributed by atoms with Crippen molar-refractivity contribution in [2.24, 2.45) is 12.0 Å². The van der Waals surface area contributed by atoms with Gasteiger partial charge in [-0.05, 0) is 25.8 Å². The molecule has 7 nitrogen and oxygen atoms in total. The van der Waals surface area contributed by atoms with E-state index in [1.807, 2.05) is 18.8 Å². The molecule has 0 saturated carbocycles. The molecule has 0 bridgehead atoms. The fourth-order valence-electron chi connectivity index (χ4n) is 2.86. The van der Waals surface area contributed by atoms with E-state index >= 15 is 0 Å². The van der Waals surface area contributed by atoms with Crippen LogP contribution < -0.4 is 10.6 Å². The van der Waals surface area contributed by atoms with Gasteiger partial charge in [-0.2, -0.15) is 5.10 Å². The molecule has 0 spiro atoms. The van der Waals surface area contributed by atoms with E-state index in [1.165, 1.54) is 11.3 Å². The third kappa shape index (κ3) is 5.21. The molecule has 2 N–H and O–H groups in total. The summed E-state index contributed by atoms with van der Waals surface area (Å²) in [5.41, 5.74) is 3.67. The van der Waals surface area contributed by atoms with Crippen molar-refractivity contribution < 1.29 is 4.74 Å². The van der Waals surface area contributed by atoms with Crippen molar-refractivity contribution in [1.29, 1.82) is 0 Å². The Morgan fingerprint density at radius 2 is 1.91 bits per heavy atom. The number of nitrogens with one attached hydrogen (secondary N) is 2. The maximum atomic E-state index is 5.36. The predicted molar refractivity (Wildman–Crippen MR) is 93.0 cm³/mol. The van der Waals surface area contributed by atoms with Gasteiger partial charge in [0, 0.05) is 52.5 Å². The van der Waals surface area contributed by atoms with Gasteiger partial charge in [0.2, 0.25) is 0 Å². The van der Waals surface area contributed by atoms with Crippen molar-refractivity contribution in [3.05, 3.63) is 17.0 Å². The highest BCUT2D eigenvalue weighted by atomic mass is 16.5. The number of morpholine rings is 1. The molecule has 0 aliphatic carbocycles. The number of aromatic nitrogens is 2. The van der Waals surface area contributed by atoms with Gasteiger partial charge in [0.15, 0.2) is 5.96 Å². The van der Waals surface area contributed by atoms with Crippen molar-refractivity contribution in [2.45, 2.75) is 20.3 Å². The second kappa shape index (κ2) is 8.88. The molecule has 7 heteroatoms. The molecule has 0 unspecified atom stereocenters. The first-order valence-electron chi connectivity index (χ1n) is 8.35. The molecule has 1 saturated heterocycles. The maximum Gasteiger partial charge on any atom is 0.191 e. The van der Waals surface area contributed by atoms with E-state index in [1.54, 1.807) is 0 Å². The highest BCUT2D eigenvalue weighted by molar-refractivity contribution is 5.79. The Morgan fingerprint density at radius 3 is 2.52 bits per heavy atom. The Labute approximate surface area is 139 Å². The zero-order valence-electron chi connectivity index (χ0n) is 14.9. The van der Waals surface area contributed by atoms with Crippen LogP contribution in [-0.4, -0.2) is 73.6 Å². The molecule has 1 aromatic heterocycles. The zero-order chi connectivity index (χ0) is 16.7. The minimum Gasteiger partial charge on any atom is -0.379 e. The second-order valence-corrected chi connectivity index (χ2v) is 5.90. The summed E-state index contributed by atoms with van der Waals surface area (Å²) in [6.07, 6.45) is 0.954. The molecule has 1 aliphatic heterocycles. The van der Waals surface area contributed by atoms with Crippen molar-refractivity contribution in [3.63, 3.8) is 0 Å². The molecular formula is C16H30N6O. The molecule has 1 aromatic rings. The quantitative estimate of drug-likeness (QED) is 0.573. The first-order chi connectivity index (χ1) is 11.1. The summed E-state index contributed by atoms with van der Waals surface area (Å²) in [6, 6.07) is 0. The lowest BCUT2D eigenvalue weighted by Gasteiger charge is -2.26. The fraction of sp³-hybridized carbons (Fsp3) is 0.750. The molecule has 1 fully saturated rings.